The highest BCUT2D eigenvalue weighted by atomic mass is 19.4. The van der Waals surface area contributed by atoms with Crippen molar-refractivity contribution in [2.75, 3.05) is 13.7 Å². The number of rotatable bonds is 5. The van der Waals surface area contributed by atoms with E-state index in [2.05, 4.69) is 4.74 Å². The Hall–Kier alpha value is -1.76. The number of alkyl halides is 3. The van der Waals surface area contributed by atoms with Crippen LogP contribution in [0.3, 0.4) is 0 Å². The van der Waals surface area contributed by atoms with Crippen molar-refractivity contribution in [2.45, 2.75) is 45.1 Å². The zero-order chi connectivity index (χ0) is 17.7. The van der Waals surface area contributed by atoms with E-state index in [-0.39, 0.29) is 6.54 Å². The quantitative estimate of drug-likeness (QED) is 0.817. The second-order valence-electron chi connectivity index (χ2n) is 6.11. The minimum Gasteiger partial charge on any atom is -0.444 e. The lowest BCUT2D eigenvalue weighted by Gasteiger charge is -2.34. The summed E-state index contributed by atoms with van der Waals surface area (Å²) in [7, 11) is 1.16. The van der Waals surface area contributed by atoms with E-state index in [9.17, 15) is 18.0 Å². The molecule has 0 heterocycles. The molecule has 0 aliphatic rings. The van der Waals surface area contributed by atoms with Crippen molar-refractivity contribution < 1.29 is 27.4 Å². The van der Waals surface area contributed by atoms with Gasteiger partial charge in [0, 0.05) is 13.7 Å². The number of benzene rings is 1. The second kappa shape index (κ2) is 7.68. The van der Waals surface area contributed by atoms with Crippen LogP contribution in [0.15, 0.2) is 30.3 Å². The zero-order valence-electron chi connectivity index (χ0n) is 13.7. The van der Waals surface area contributed by atoms with Gasteiger partial charge in [0.05, 0.1) is 6.61 Å². The van der Waals surface area contributed by atoms with Gasteiger partial charge in [-0.1, -0.05) is 30.3 Å². The maximum absolute atomic E-state index is 13.3. The van der Waals surface area contributed by atoms with Crippen LogP contribution in [0, 0.1) is 0 Å². The average Bonchev–Trinajstić information content (AvgIpc) is 2.40. The molecule has 0 N–H and O–H groups in total. The highest BCUT2D eigenvalue weighted by Crippen LogP contribution is 2.28. The molecule has 7 heteroatoms. The minimum absolute atomic E-state index is 0.219. The number of methoxy groups -OCH3 is 1. The topological polar surface area (TPSA) is 38.8 Å². The Kier molecular flexibility index (Phi) is 6.44. The molecule has 0 saturated carbocycles. The molecule has 0 aromatic heterocycles. The van der Waals surface area contributed by atoms with Crippen LogP contribution in [0.4, 0.5) is 18.0 Å². The SMILES string of the molecule is COCC(N(Cc1ccccc1)C(=O)OC(C)(C)C)C(F)(F)F. The Morgan fingerprint density at radius 3 is 2.17 bits per heavy atom. The summed E-state index contributed by atoms with van der Waals surface area (Å²) in [6.07, 6.45) is -5.65. The number of carbonyl (C=O) groups is 1. The molecular weight excluding hydrogens is 311 g/mol. The lowest BCUT2D eigenvalue weighted by molar-refractivity contribution is -0.193. The Balaban J connectivity index is 3.10. The average molecular weight is 333 g/mol. The first-order valence-corrected chi connectivity index (χ1v) is 7.14. The first kappa shape index (κ1) is 19.3. The second-order valence-corrected chi connectivity index (χ2v) is 6.11. The van der Waals surface area contributed by atoms with Gasteiger partial charge in [0.15, 0.2) is 6.04 Å². The summed E-state index contributed by atoms with van der Waals surface area (Å²) >= 11 is 0. The molecule has 1 aromatic carbocycles. The van der Waals surface area contributed by atoms with E-state index in [1.165, 1.54) is 0 Å². The number of ether oxygens (including phenoxy) is 2. The molecule has 0 aliphatic heterocycles. The smallest absolute Gasteiger partial charge is 0.411 e. The Morgan fingerprint density at radius 2 is 1.74 bits per heavy atom. The summed E-state index contributed by atoms with van der Waals surface area (Å²) in [6, 6.07) is 6.36. The summed E-state index contributed by atoms with van der Waals surface area (Å²) < 4.78 is 49.8. The third kappa shape index (κ3) is 6.48. The number of carbonyl (C=O) groups excluding carboxylic acids is 1. The van der Waals surface area contributed by atoms with E-state index in [0.29, 0.717) is 10.5 Å². The Labute approximate surface area is 134 Å². The van der Waals surface area contributed by atoms with Crippen LogP contribution in [-0.2, 0) is 16.0 Å². The van der Waals surface area contributed by atoms with E-state index in [1.807, 2.05) is 0 Å². The van der Waals surface area contributed by atoms with Gasteiger partial charge in [-0.05, 0) is 26.3 Å². The molecule has 0 aliphatic carbocycles. The normalized spacial score (nSPS) is 13.5. The highest BCUT2D eigenvalue weighted by Gasteiger charge is 2.46. The van der Waals surface area contributed by atoms with Gasteiger partial charge in [0.1, 0.15) is 5.60 Å². The Morgan fingerprint density at radius 1 is 1.17 bits per heavy atom. The number of nitrogens with zero attached hydrogens (tertiary/aromatic N) is 1. The van der Waals surface area contributed by atoms with Crippen molar-refractivity contribution >= 4 is 6.09 Å². The molecule has 0 spiro atoms. The van der Waals surface area contributed by atoms with Gasteiger partial charge < -0.3 is 9.47 Å². The maximum Gasteiger partial charge on any atom is 0.411 e. The Bertz CT molecular complexity index is 498. The fourth-order valence-corrected chi connectivity index (χ4v) is 1.92. The fraction of sp³-hybridized carbons (Fsp3) is 0.562. The van der Waals surface area contributed by atoms with Crippen molar-refractivity contribution in [1.82, 2.24) is 4.90 Å². The molecule has 1 rings (SSSR count). The van der Waals surface area contributed by atoms with Gasteiger partial charge >= 0.3 is 12.3 Å². The van der Waals surface area contributed by atoms with Crippen molar-refractivity contribution in [1.29, 1.82) is 0 Å². The molecule has 23 heavy (non-hydrogen) atoms. The monoisotopic (exact) mass is 333 g/mol. The van der Waals surface area contributed by atoms with Crippen molar-refractivity contribution in [3.8, 4) is 0 Å². The number of hydrogen-bond acceptors (Lipinski definition) is 3. The maximum atomic E-state index is 13.3. The predicted molar refractivity (Wildman–Crippen MR) is 79.9 cm³/mol. The number of halogens is 3. The third-order valence-corrected chi connectivity index (χ3v) is 2.90. The van der Waals surface area contributed by atoms with E-state index in [4.69, 9.17) is 4.74 Å². The van der Waals surface area contributed by atoms with Gasteiger partial charge in [-0.3, -0.25) is 4.90 Å². The van der Waals surface area contributed by atoms with Crippen LogP contribution in [0.2, 0.25) is 0 Å². The van der Waals surface area contributed by atoms with Gasteiger partial charge in [-0.25, -0.2) is 4.79 Å². The van der Waals surface area contributed by atoms with E-state index in [0.717, 1.165) is 7.11 Å². The van der Waals surface area contributed by atoms with E-state index in [1.54, 1.807) is 51.1 Å². The summed E-state index contributed by atoms with van der Waals surface area (Å²) in [5.41, 5.74) is -0.321. The van der Waals surface area contributed by atoms with Crippen LogP contribution >= 0.6 is 0 Å². The third-order valence-electron chi connectivity index (χ3n) is 2.90. The van der Waals surface area contributed by atoms with E-state index >= 15 is 0 Å². The van der Waals surface area contributed by atoms with Crippen LogP contribution < -0.4 is 0 Å². The molecule has 130 valence electrons. The van der Waals surface area contributed by atoms with Gasteiger partial charge in [0.25, 0.3) is 0 Å². The molecule has 1 atom stereocenters. The summed E-state index contributed by atoms with van der Waals surface area (Å²) in [4.78, 5) is 12.9. The first-order chi connectivity index (χ1) is 10.5. The lowest BCUT2D eigenvalue weighted by Crippen LogP contribution is -2.52. The van der Waals surface area contributed by atoms with Crippen LogP contribution in [0.1, 0.15) is 26.3 Å². The molecule has 1 unspecified atom stereocenters. The molecule has 1 amide bonds. The van der Waals surface area contributed by atoms with Crippen LogP contribution in [0.25, 0.3) is 0 Å². The molecule has 0 radical (unpaired) electrons. The van der Waals surface area contributed by atoms with Crippen molar-refractivity contribution in [3.05, 3.63) is 35.9 Å². The van der Waals surface area contributed by atoms with Gasteiger partial charge in [0.2, 0.25) is 0 Å². The zero-order valence-corrected chi connectivity index (χ0v) is 13.7. The molecule has 4 nitrogen and oxygen atoms in total. The van der Waals surface area contributed by atoms with Crippen LogP contribution in [0.5, 0.6) is 0 Å². The number of amides is 1. The largest absolute Gasteiger partial charge is 0.444 e. The first-order valence-electron chi connectivity index (χ1n) is 7.14. The standard InChI is InChI=1S/C16H22F3NO3/c1-15(2,3)23-14(21)20(10-12-8-6-5-7-9-12)13(11-22-4)16(17,18)19/h5-9,13H,10-11H2,1-4H3. The highest BCUT2D eigenvalue weighted by molar-refractivity contribution is 5.68. The molecule has 0 fully saturated rings. The molecule has 1 aromatic rings. The van der Waals surface area contributed by atoms with Crippen molar-refractivity contribution in [2.24, 2.45) is 0 Å². The van der Waals surface area contributed by atoms with Gasteiger partial charge in [-0.2, -0.15) is 13.2 Å². The molecular formula is C16H22F3NO3. The van der Waals surface area contributed by atoms with Gasteiger partial charge in [-0.15, -0.1) is 0 Å². The fourth-order valence-electron chi connectivity index (χ4n) is 1.92. The summed E-state index contributed by atoms with van der Waals surface area (Å²) in [6.45, 7) is 3.93. The summed E-state index contributed by atoms with van der Waals surface area (Å²) in [5.74, 6) is 0. The number of hydrogen-bond donors (Lipinski definition) is 0. The van der Waals surface area contributed by atoms with Crippen LogP contribution in [-0.4, -0.2) is 42.5 Å². The minimum atomic E-state index is -4.62. The molecule has 0 saturated heterocycles. The van der Waals surface area contributed by atoms with E-state index < -0.39 is 30.5 Å². The van der Waals surface area contributed by atoms with Crippen molar-refractivity contribution in [3.63, 3.8) is 0 Å². The lowest BCUT2D eigenvalue weighted by atomic mass is 10.1. The predicted octanol–water partition coefficient (Wildman–Crippen LogP) is 4.00. The molecule has 0 bridgehead atoms. The summed E-state index contributed by atoms with van der Waals surface area (Å²) in [5, 5.41) is 0.